The van der Waals surface area contributed by atoms with Crippen LogP contribution in [0.15, 0.2) is 21.9 Å². The maximum absolute atomic E-state index is 11.6. The Bertz CT molecular complexity index is 399. The summed E-state index contributed by atoms with van der Waals surface area (Å²) >= 11 is 0. The van der Waals surface area contributed by atoms with Crippen LogP contribution in [0.2, 0.25) is 0 Å². The van der Waals surface area contributed by atoms with Gasteiger partial charge in [-0.25, -0.2) is 0 Å². The Kier molecular flexibility index (Phi) is 1.49. The Balaban J connectivity index is 2.45. The molecule has 0 saturated heterocycles. The summed E-state index contributed by atoms with van der Waals surface area (Å²) in [6, 6.07) is 1.32. The number of carbonyl (C=O) groups excluding carboxylic acids is 1. The van der Waals surface area contributed by atoms with Crippen molar-refractivity contribution in [2.45, 2.75) is 6.04 Å². The second kappa shape index (κ2) is 2.52. The Labute approximate surface area is 74.7 Å². The number of nitriles is 1. The van der Waals surface area contributed by atoms with Crippen LogP contribution >= 0.6 is 0 Å². The monoisotopic (exact) mass is 174 g/mol. The number of nitrogens with zero attached hydrogens (tertiary/aromatic N) is 4. The van der Waals surface area contributed by atoms with Gasteiger partial charge in [0.05, 0.1) is 11.9 Å². The van der Waals surface area contributed by atoms with E-state index in [1.54, 1.807) is 7.05 Å². The van der Waals surface area contributed by atoms with E-state index in [0.29, 0.717) is 5.71 Å². The van der Waals surface area contributed by atoms with E-state index in [9.17, 15) is 4.79 Å². The van der Waals surface area contributed by atoms with Crippen LogP contribution in [0.5, 0.6) is 0 Å². The predicted octanol–water partition coefficient (Wildman–Crippen LogP) is -0.283. The molecular formula is C8H6N4O. The van der Waals surface area contributed by atoms with Gasteiger partial charge in [-0.05, 0) is 0 Å². The zero-order valence-electron chi connectivity index (χ0n) is 6.93. The molecule has 0 aromatic carbocycles. The van der Waals surface area contributed by atoms with Gasteiger partial charge in [0.2, 0.25) is 5.78 Å². The van der Waals surface area contributed by atoms with Crippen LogP contribution in [-0.2, 0) is 4.79 Å². The summed E-state index contributed by atoms with van der Waals surface area (Å²) in [5.41, 5.74) is 0.692. The van der Waals surface area contributed by atoms with Crippen LogP contribution in [0.25, 0.3) is 0 Å². The molecule has 0 spiro atoms. The maximum atomic E-state index is 11.6. The highest BCUT2D eigenvalue weighted by Gasteiger charge is 2.35. The van der Waals surface area contributed by atoms with Crippen molar-refractivity contribution < 1.29 is 4.79 Å². The Morgan fingerprint density at radius 3 is 3.15 bits per heavy atom. The molecule has 2 aliphatic heterocycles. The molecule has 1 unspecified atom stereocenters. The molecule has 0 radical (unpaired) electrons. The molecule has 2 heterocycles. The summed E-state index contributed by atoms with van der Waals surface area (Å²) in [4.78, 5) is 15.5. The lowest BCUT2D eigenvalue weighted by Gasteiger charge is -2.19. The minimum absolute atomic E-state index is 0.0890. The average Bonchev–Trinajstić information content (AvgIpc) is 2.49. The summed E-state index contributed by atoms with van der Waals surface area (Å²) in [6.07, 6.45) is 2.83. The molecule has 2 aliphatic rings. The highest BCUT2D eigenvalue weighted by Crippen LogP contribution is 2.16. The Hall–Kier alpha value is -1.96. The van der Waals surface area contributed by atoms with Crippen molar-refractivity contribution in [3.05, 3.63) is 11.8 Å². The van der Waals surface area contributed by atoms with E-state index >= 15 is 0 Å². The number of hydrogen-bond acceptors (Lipinski definition) is 5. The normalized spacial score (nSPS) is 25.1. The zero-order chi connectivity index (χ0) is 9.42. The Morgan fingerprint density at radius 2 is 2.46 bits per heavy atom. The van der Waals surface area contributed by atoms with Gasteiger partial charge in [0.25, 0.3) is 0 Å². The van der Waals surface area contributed by atoms with E-state index in [2.05, 4.69) is 10.1 Å². The molecule has 0 aromatic rings. The van der Waals surface area contributed by atoms with E-state index in [0.717, 1.165) is 0 Å². The number of Topliss-reactive ketones (excluding diaryl/α,β-unsaturated/α-hetero) is 1. The van der Waals surface area contributed by atoms with Crippen LogP contribution in [-0.4, -0.2) is 35.8 Å². The fourth-order valence-corrected chi connectivity index (χ4v) is 1.32. The molecule has 2 rings (SSSR count). The SMILES string of the molecule is CN1N=CC2=NC=C(C#N)C(=O)C21. The first kappa shape index (κ1) is 7.68. The topological polar surface area (TPSA) is 68.8 Å². The predicted molar refractivity (Wildman–Crippen MR) is 46.2 cm³/mol. The van der Waals surface area contributed by atoms with E-state index in [1.807, 2.05) is 6.07 Å². The summed E-state index contributed by atoms with van der Waals surface area (Å²) in [5, 5.41) is 14.0. The van der Waals surface area contributed by atoms with Crippen molar-refractivity contribution in [1.82, 2.24) is 5.01 Å². The van der Waals surface area contributed by atoms with Gasteiger partial charge in [0, 0.05) is 13.2 Å². The van der Waals surface area contributed by atoms with Gasteiger partial charge in [-0.15, -0.1) is 0 Å². The van der Waals surface area contributed by atoms with Gasteiger partial charge < -0.3 is 0 Å². The number of hydrogen-bond donors (Lipinski definition) is 0. The zero-order valence-corrected chi connectivity index (χ0v) is 6.93. The third-order valence-corrected chi connectivity index (χ3v) is 2.00. The van der Waals surface area contributed by atoms with E-state index in [-0.39, 0.29) is 11.4 Å². The molecule has 1 atom stereocenters. The molecule has 0 aromatic heterocycles. The number of fused-ring (bicyclic) bond motifs is 1. The molecule has 5 nitrogen and oxygen atoms in total. The van der Waals surface area contributed by atoms with Crippen LogP contribution in [0.1, 0.15) is 0 Å². The highest BCUT2D eigenvalue weighted by molar-refractivity contribution is 6.42. The first-order valence-corrected chi connectivity index (χ1v) is 3.73. The van der Waals surface area contributed by atoms with Crippen molar-refractivity contribution in [3.8, 4) is 6.07 Å². The van der Waals surface area contributed by atoms with E-state index in [1.165, 1.54) is 17.4 Å². The minimum atomic E-state index is -0.486. The van der Waals surface area contributed by atoms with Crippen LogP contribution in [0.4, 0.5) is 0 Å². The van der Waals surface area contributed by atoms with Gasteiger partial charge >= 0.3 is 0 Å². The molecule has 0 saturated carbocycles. The second-order valence-corrected chi connectivity index (χ2v) is 2.79. The van der Waals surface area contributed by atoms with Gasteiger partial charge in [0.1, 0.15) is 11.6 Å². The van der Waals surface area contributed by atoms with Crippen LogP contribution < -0.4 is 0 Å². The average molecular weight is 174 g/mol. The lowest BCUT2D eigenvalue weighted by molar-refractivity contribution is -0.117. The minimum Gasteiger partial charge on any atom is -0.290 e. The molecule has 0 aliphatic carbocycles. The largest absolute Gasteiger partial charge is 0.290 e. The van der Waals surface area contributed by atoms with Gasteiger partial charge in [-0.2, -0.15) is 10.4 Å². The van der Waals surface area contributed by atoms with Crippen molar-refractivity contribution in [1.29, 1.82) is 5.26 Å². The van der Waals surface area contributed by atoms with E-state index in [4.69, 9.17) is 5.26 Å². The number of rotatable bonds is 0. The van der Waals surface area contributed by atoms with Crippen molar-refractivity contribution >= 4 is 17.7 Å². The summed E-state index contributed by atoms with van der Waals surface area (Å²) < 4.78 is 0. The number of carbonyl (C=O) groups is 1. The van der Waals surface area contributed by atoms with E-state index < -0.39 is 6.04 Å². The van der Waals surface area contributed by atoms with Crippen LogP contribution in [0.3, 0.4) is 0 Å². The lowest BCUT2D eigenvalue weighted by atomic mass is 10.0. The quantitative estimate of drug-likeness (QED) is 0.507. The molecule has 0 amide bonds. The lowest BCUT2D eigenvalue weighted by Crippen LogP contribution is -2.40. The third-order valence-electron chi connectivity index (χ3n) is 2.00. The van der Waals surface area contributed by atoms with Crippen molar-refractivity contribution in [2.75, 3.05) is 7.05 Å². The number of ketones is 1. The second-order valence-electron chi connectivity index (χ2n) is 2.79. The maximum Gasteiger partial charge on any atom is 0.205 e. The first-order valence-electron chi connectivity index (χ1n) is 3.73. The van der Waals surface area contributed by atoms with Crippen LogP contribution in [0, 0.1) is 11.3 Å². The molecule has 0 N–H and O–H groups in total. The molecule has 0 fully saturated rings. The third kappa shape index (κ3) is 0.957. The fraction of sp³-hybridized carbons (Fsp3) is 0.250. The standard InChI is InChI=1S/C8H6N4O/c1-12-7-6(4-11-12)10-3-5(2-9)8(7)13/h3-4,7H,1H3. The summed E-state index contributed by atoms with van der Waals surface area (Å²) in [6.45, 7) is 0. The molecule has 5 heteroatoms. The summed E-state index contributed by atoms with van der Waals surface area (Å²) in [7, 11) is 1.68. The summed E-state index contributed by atoms with van der Waals surface area (Å²) in [5.74, 6) is -0.229. The van der Waals surface area contributed by atoms with Crippen molar-refractivity contribution in [3.63, 3.8) is 0 Å². The highest BCUT2D eigenvalue weighted by atomic mass is 16.1. The number of hydrazone groups is 1. The first-order chi connectivity index (χ1) is 6.24. The number of likely N-dealkylation sites (N-methyl/N-ethyl adjacent to an activating group) is 1. The van der Waals surface area contributed by atoms with Gasteiger partial charge in [-0.3, -0.25) is 14.8 Å². The molecule has 0 bridgehead atoms. The smallest absolute Gasteiger partial charge is 0.205 e. The Morgan fingerprint density at radius 1 is 1.69 bits per heavy atom. The van der Waals surface area contributed by atoms with Gasteiger partial charge in [0.15, 0.2) is 6.04 Å². The molecule has 13 heavy (non-hydrogen) atoms. The van der Waals surface area contributed by atoms with Crippen molar-refractivity contribution in [2.24, 2.45) is 10.1 Å². The van der Waals surface area contributed by atoms with Gasteiger partial charge in [-0.1, -0.05) is 0 Å². The molecular weight excluding hydrogens is 168 g/mol. The fourth-order valence-electron chi connectivity index (χ4n) is 1.32. The number of aliphatic imine (C=N–C) groups is 1. The molecule has 64 valence electrons.